The molecule has 0 fully saturated rings. The Kier molecular flexibility index (Phi) is 6.12. The van der Waals surface area contributed by atoms with Crippen molar-refractivity contribution in [3.63, 3.8) is 0 Å². The molecule has 0 aliphatic carbocycles. The van der Waals surface area contributed by atoms with Crippen molar-refractivity contribution in [3.05, 3.63) is 81.2 Å². The second-order valence-electron chi connectivity index (χ2n) is 7.53. The molecule has 0 radical (unpaired) electrons. The van der Waals surface area contributed by atoms with Gasteiger partial charge in [-0.3, -0.25) is 19.2 Å². The molecule has 2 heterocycles. The SMILES string of the molecule is CCOC(=O)c1c(NC(=O)c2ccc(N3C(=O)c4ccccc4C3=O)cc2)sc(C(C)=O)c1C. The molecule has 0 bridgehead atoms. The summed E-state index contributed by atoms with van der Waals surface area (Å²) in [5.74, 6) is -2.22. The van der Waals surface area contributed by atoms with E-state index >= 15 is 0 Å². The van der Waals surface area contributed by atoms with Crippen LogP contribution in [-0.4, -0.2) is 36.1 Å². The van der Waals surface area contributed by atoms with E-state index in [0.717, 1.165) is 16.2 Å². The number of fused-ring (bicyclic) bond motifs is 1. The third kappa shape index (κ3) is 3.90. The molecule has 1 N–H and O–H groups in total. The molecule has 0 unspecified atom stereocenters. The van der Waals surface area contributed by atoms with Gasteiger partial charge in [-0.1, -0.05) is 12.1 Å². The van der Waals surface area contributed by atoms with E-state index in [0.29, 0.717) is 27.3 Å². The summed E-state index contributed by atoms with van der Waals surface area (Å²) < 4.78 is 5.09. The molecule has 4 rings (SSSR count). The minimum atomic E-state index is -0.625. The van der Waals surface area contributed by atoms with E-state index in [1.165, 1.54) is 31.2 Å². The first-order valence-corrected chi connectivity index (χ1v) is 11.3. The highest BCUT2D eigenvalue weighted by Gasteiger charge is 2.36. The van der Waals surface area contributed by atoms with Crippen molar-refractivity contribution < 1.29 is 28.7 Å². The molecule has 0 saturated carbocycles. The van der Waals surface area contributed by atoms with E-state index in [9.17, 15) is 24.0 Å². The summed E-state index contributed by atoms with van der Waals surface area (Å²) in [5, 5.41) is 2.90. The van der Waals surface area contributed by atoms with E-state index in [1.807, 2.05) is 0 Å². The number of ketones is 1. The van der Waals surface area contributed by atoms with Crippen molar-refractivity contribution >= 4 is 51.5 Å². The van der Waals surface area contributed by atoms with Gasteiger partial charge < -0.3 is 10.1 Å². The number of thiophene rings is 1. The number of nitrogens with one attached hydrogen (secondary N) is 1. The molecule has 0 spiro atoms. The van der Waals surface area contributed by atoms with Crippen LogP contribution in [0, 0.1) is 6.92 Å². The second kappa shape index (κ2) is 9.03. The van der Waals surface area contributed by atoms with Crippen LogP contribution in [0.25, 0.3) is 0 Å². The van der Waals surface area contributed by atoms with Gasteiger partial charge in [0.2, 0.25) is 0 Å². The van der Waals surface area contributed by atoms with Crippen LogP contribution in [0.5, 0.6) is 0 Å². The van der Waals surface area contributed by atoms with Gasteiger partial charge in [0.1, 0.15) is 5.00 Å². The van der Waals surface area contributed by atoms with E-state index in [1.54, 1.807) is 38.1 Å². The van der Waals surface area contributed by atoms with Gasteiger partial charge >= 0.3 is 5.97 Å². The maximum atomic E-state index is 12.9. The molecule has 2 aromatic carbocycles. The number of amides is 3. The maximum absolute atomic E-state index is 12.9. The normalized spacial score (nSPS) is 12.5. The molecule has 34 heavy (non-hydrogen) atoms. The Morgan fingerprint density at radius 2 is 1.56 bits per heavy atom. The standard InChI is InChI=1S/C25H20N2O6S/c1-4-33-25(32)19-13(2)20(14(3)28)34-22(19)26-21(29)15-9-11-16(12-10-15)27-23(30)17-7-5-6-8-18(17)24(27)31/h5-12H,4H2,1-3H3,(H,26,29). The summed E-state index contributed by atoms with van der Waals surface area (Å²) in [7, 11) is 0. The van der Waals surface area contributed by atoms with Gasteiger partial charge in [-0.25, -0.2) is 9.69 Å². The molecule has 0 atom stereocenters. The van der Waals surface area contributed by atoms with Gasteiger partial charge in [-0.15, -0.1) is 11.3 Å². The molecule has 172 valence electrons. The van der Waals surface area contributed by atoms with E-state index in [4.69, 9.17) is 4.74 Å². The van der Waals surface area contributed by atoms with Crippen LogP contribution in [0.4, 0.5) is 10.7 Å². The summed E-state index contributed by atoms with van der Waals surface area (Å²) in [4.78, 5) is 64.0. The Balaban J connectivity index is 1.59. The molecule has 0 saturated heterocycles. The predicted molar refractivity (Wildman–Crippen MR) is 127 cm³/mol. The lowest BCUT2D eigenvalue weighted by Crippen LogP contribution is -2.29. The number of rotatable bonds is 6. The van der Waals surface area contributed by atoms with Gasteiger partial charge in [0.15, 0.2) is 5.78 Å². The quantitative estimate of drug-likeness (QED) is 0.319. The topological polar surface area (TPSA) is 110 Å². The first-order valence-electron chi connectivity index (χ1n) is 10.4. The van der Waals surface area contributed by atoms with Crippen LogP contribution in [0.2, 0.25) is 0 Å². The number of esters is 1. The zero-order valence-corrected chi connectivity index (χ0v) is 19.4. The zero-order chi connectivity index (χ0) is 24.6. The molecular weight excluding hydrogens is 456 g/mol. The smallest absolute Gasteiger partial charge is 0.341 e. The number of hydrogen-bond acceptors (Lipinski definition) is 7. The summed E-state index contributed by atoms with van der Waals surface area (Å²) >= 11 is 1.01. The number of nitrogens with zero attached hydrogens (tertiary/aromatic N) is 1. The van der Waals surface area contributed by atoms with Crippen LogP contribution in [0.1, 0.15) is 70.5 Å². The highest BCUT2D eigenvalue weighted by Crippen LogP contribution is 2.35. The fourth-order valence-corrected chi connectivity index (χ4v) is 4.83. The number of imide groups is 1. The zero-order valence-electron chi connectivity index (χ0n) is 18.6. The van der Waals surface area contributed by atoms with Gasteiger partial charge in [-0.05, 0) is 62.7 Å². The average Bonchev–Trinajstić information content (AvgIpc) is 3.28. The largest absolute Gasteiger partial charge is 0.462 e. The third-order valence-corrected chi connectivity index (χ3v) is 6.66. The van der Waals surface area contributed by atoms with Crippen LogP contribution in [-0.2, 0) is 4.74 Å². The van der Waals surface area contributed by atoms with Gasteiger partial charge in [-0.2, -0.15) is 0 Å². The lowest BCUT2D eigenvalue weighted by Gasteiger charge is -2.14. The Morgan fingerprint density at radius 1 is 0.971 bits per heavy atom. The van der Waals surface area contributed by atoms with Crippen LogP contribution in [0.15, 0.2) is 48.5 Å². The molecule has 1 aliphatic heterocycles. The second-order valence-corrected chi connectivity index (χ2v) is 8.55. The molecule has 9 heteroatoms. The van der Waals surface area contributed by atoms with Crippen molar-refractivity contribution in [2.45, 2.75) is 20.8 Å². The van der Waals surface area contributed by atoms with E-state index < -0.39 is 23.7 Å². The van der Waals surface area contributed by atoms with Gasteiger partial charge in [0.25, 0.3) is 17.7 Å². The van der Waals surface area contributed by atoms with Crippen molar-refractivity contribution in [2.75, 3.05) is 16.8 Å². The van der Waals surface area contributed by atoms with Gasteiger partial charge in [0, 0.05) is 5.56 Å². The molecule has 8 nitrogen and oxygen atoms in total. The fourth-order valence-electron chi connectivity index (χ4n) is 3.75. The number of ether oxygens (including phenoxy) is 1. The lowest BCUT2D eigenvalue weighted by molar-refractivity contribution is 0.0527. The van der Waals surface area contributed by atoms with E-state index in [2.05, 4.69) is 5.32 Å². The van der Waals surface area contributed by atoms with Crippen LogP contribution in [0.3, 0.4) is 0 Å². The third-order valence-electron chi connectivity index (χ3n) is 5.35. The summed E-state index contributed by atoms with van der Waals surface area (Å²) in [6.45, 7) is 4.83. The van der Waals surface area contributed by atoms with Gasteiger partial charge in [0.05, 0.1) is 33.9 Å². The first-order chi connectivity index (χ1) is 16.2. The first kappa shape index (κ1) is 23.1. The highest BCUT2D eigenvalue weighted by molar-refractivity contribution is 7.18. The van der Waals surface area contributed by atoms with Crippen molar-refractivity contribution in [1.29, 1.82) is 0 Å². The maximum Gasteiger partial charge on any atom is 0.341 e. The Labute approximate surface area is 199 Å². The van der Waals surface area contributed by atoms with Crippen molar-refractivity contribution in [3.8, 4) is 0 Å². The summed E-state index contributed by atoms with van der Waals surface area (Å²) in [6, 6.07) is 12.5. The minimum absolute atomic E-state index is 0.146. The molecule has 3 aromatic rings. The number of hydrogen-bond donors (Lipinski definition) is 1. The summed E-state index contributed by atoms with van der Waals surface area (Å²) in [5.41, 5.74) is 1.83. The number of Topliss-reactive ketones (excluding diaryl/α,β-unsaturated/α-hetero) is 1. The molecule has 3 amide bonds. The summed E-state index contributed by atoms with van der Waals surface area (Å²) in [6.07, 6.45) is 0. The predicted octanol–water partition coefficient (Wildman–Crippen LogP) is 4.49. The number of benzene rings is 2. The molecule has 1 aliphatic rings. The number of carbonyl (C=O) groups is 5. The fraction of sp³-hybridized carbons (Fsp3) is 0.160. The van der Waals surface area contributed by atoms with Crippen molar-refractivity contribution in [1.82, 2.24) is 0 Å². The van der Waals surface area contributed by atoms with Crippen molar-refractivity contribution in [2.24, 2.45) is 0 Å². The Bertz CT molecular complexity index is 1320. The lowest BCUT2D eigenvalue weighted by atomic mass is 10.1. The Morgan fingerprint density at radius 3 is 2.09 bits per heavy atom. The van der Waals surface area contributed by atoms with Crippen LogP contribution < -0.4 is 10.2 Å². The number of anilines is 2. The molecular formula is C25H20N2O6S. The van der Waals surface area contributed by atoms with E-state index in [-0.39, 0.29) is 28.5 Å². The molecule has 1 aromatic heterocycles. The number of carbonyl (C=O) groups excluding carboxylic acids is 5. The minimum Gasteiger partial charge on any atom is -0.462 e. The Hall–Kier alpha value is -4.11. The highest BCUT2D eigenvalue weighted by atomic mass is 32.1. The monoisotopic (exact) mass is 476 g/mol. The van der Waals surface area contributed by atoms with Crippen LogP contribution >= 0.6 is 11.3 Å². The average molecular weight is 477 g/mol.